The molecule has 6 nitrogen and oxygen atoms in total. The number of nitrogens with one attached hydrogen (secondary N) is 1. The maximum Gasteiger partial charge on any atom is 0.341 e. The van der Waals surface area contributed by atoms with Gasteiger partial charge in [0.1, 0.15) is 11.5 Å². The van der Waals surface area contributed by atoms with Crippen molar-refractivity contribution in [2.24, 2.45) is 0 Å². The fraction of sp³-hybridized carbons (Fsp3) is 0.143. The molecule has 0 radical (unpaired) electrons. The molecule has 0 unspecified atom stereocenters. The Hall–Kier alpha value is -2.54. The van der Waals surface area contributed by atoms with Crippen LogP contribution in [0.4, 0.5) is 5.69 Å². The van der Waals surface area contributed by atoms with Crippen LogP contribution in [0.2, 0.25) is 0 Å². The second-order valence-corrected chi connectivity index (χ2v) is 4.92. The summed E-state index contributed by atoms with van der Waals surface area (Å²) in [7, 11) is 1.54. The first-order valence-corrected chi connectivity index (χ1v) is 6.85. The van der Waals surface area contributed by atoms with Gasteiger partial charge in [-0.2, -0.15) is 0 Å². The lowest BCUT2D eigenvalue weighted by molar-refractivity contribution is -0.139. The summed E-state index contributed by atoms with van der Waals surface area (Å²) < 4.78 is 10.0. The highest BCUT2D eigenvalue weighted by molar-refractivity contribution is 7.12. The summed E-state index contributed by atoms with van der Waals surface area (Å²) in [5, 5.41) is 13.0. The van der Waals surface area contributed by atoms with Crippen LogP contribution >= 0.6 is 11.3 Å². The second-order valence-electron chi connectivity index (χ2n) is 4.01. The number of benzene rings is 1. The highest BCUT2D eigenvalue weighted by Crippen LogP contribution is 2.23. The highest BCUT2D eigenvalue weighted by atomic mass is 32.1. The molecule has 21 heavy (non-hydrogen) atoms. The van der Waals surface area contributed by atoms with E-state index in [1.165, 1.54) is 11.3 Å². The zero-order chi connectivity index (χ0) is 15.2. The molecule has 0 saturated carbocycles. The summed E-state index contributed by atoms with van der Waals surface area (Å²) in [4.78, 5) is 22.9. The maximum atomic E-state index is 12.0. The standard InChI is InChI=1S/C14H13NO5S/c1-19-11-6-12(21-8-11)14(18)15-9-2-4-10(5-3-9)20-7-13(16)17/h2-6,8H,7H2,1H3,(H,15,18)(H,16,17). The molecule has 0 bridgehead atoms. The lowest BCUT2D eigenvalue weighted by atomic mass is 10.3. The van der Waals surface area contributed by atoms with Crippen molar-refractivity contribution in [2.45, 2.75) is 0 Å². The number of ether oxygens (including phenoxy) is 2. The Labute approximate surface area is 124 Å². The zero-order valence-corrected chi connectivity index (χ0v) is 12.0. The molecule has 0 aliphatic carbocycles. The van der Waals surface area contributed by atoms with E-state index in [0.717, 1.165) is 0 Å². The average Bonchev–Trinajstić information content (AvgIpc) is 2.95. The number of carboxylic acid groups (broad SMARTS) is 1. The zero-order valence-electron chi connectivity index (χ0n) is 11.2. The Morgan fingerprint density at radius 2 is 1.95 bits per heavy atom. The molecule has 0 spiro atoms. The molecule has 7 heteroatoms. The van der Waals surface area contributed by atoms with E-state index >= 15 is 0 Å². The Morgan fingerprint density at radius 3 is 2.52 bits per heavy atom. The number of carbonyl (C=O) groups is 2. The number of carbonyl (C=O) groups excluding carboxylic acids is 1. The molecule has 0 atom stereocenters. The summed E-state index contributed by atoms with van der Waals surface area (Å²) in [6.45, 7) is -0.402. The number of carboxylic acids is 1. The minimum atomic E-state index is -1.04. The van der Waals surface area contributed by atoms with Crippen molar-refractivity contribution < 1.29 is 24.2 Å². The number of thiophene rings is 1. The Balaban J connectivity index is 1.96. The van der Waals surface area contributed by atoms with Gasteiger partial charge in [-0.25, -0.2) is 4.79 Å². The smallest absolute Gasteiger partial charge is 0.341 e. The minimum Gasteiger partial charge on any atom is -0.496 e. The lowest BCUT2D eigenvalue weighted by Gasteiger charge is -2.06. The van der Waals surface area contributed by atoms with Crippen LogP contribution in [0.5, 0.6) is 11.5 Å². The van der Waals surface area contributed by atoms with Gasteiger partial charge in [0.2, 0.25) is 0 Å². The van der Waals surface area contributed by atoms with Crippen molar-refractivity contribution in [3.63, 3.8) is 0 Å². The van der Waals surface area contributed by atoms with Crippen molar-refractivity contribution in [1.29, 1.82) is 0 Å². The lowest BCUT2D eigenvalue weighted by Crippen LogP contribution is -2.11. The summed E-state index contributed by atoms with van der Waals surface area (Å²) in [5.41, 5.74) is 0.593. The van der Waals surface area contributed by atoms with E-state index in [4.69, 9.17) is 14.6 Å². The van der Waals surface area contributed by atoms with Gasteiger partial charge in [0.05, 0.1) is 12.0 Å². The van der Waals surface area contributed by atoms with Crippen molar-refractivity contribution in [3.8, 4) is 11.5 Å². The number of methoxy groups -OCH3 is 1. The monoisotopic (exact) mass is 307 g/mol. The van der Waals surface area contributed by atoms with Crippen molar-refractivity contribution in [1.82, 2.24) is 0 Å². The molecule has 1 amide bonds. The van der Waals surface area contributed by atoms with E-state index in [0.29, 0.717) is 22.1 Å². The third-order valence-corrected chi connectivity index (χ3v) is 3.42. The summed E-state index contributed by atoms with van der Waals surface area (Å²) in [5.74, 6) is -0.211. The van der Waals surface area contributed by atoms with Crippen LogP contribution in [-0.2, 0) is 4.79 Å². The van der Waals surface area contributed by atoms with Gasteiger partial charge in [0.25, 0.3) is 5.91 Å². The Morgan fingerprint density at radius 1 is 1.24 bits per heavy atom. The molecular formula is C14H13NO5S. The molecule has 110 valence electrons. The van der Waals surface area contributed by atoms with Gasteiger partial charge in [-0.05, 0) is 24.3 Å². The number of anilines is 1. The van der Waals surface area contributed by atoms with Gasteiger partial charge in [-0.1, -0.05) is 0 Å². The molecule has 2 rings (SSSR count). The van der Waals surface area contributed by atoms with Crippen LogP contribution in [0.1, 0.15) is 9.67 Å². The molecule has 0 aliphatic heterocycles. The normalized spacial score (nSPS) is 9.95. The predicted octanol–water partition coefficient (Wildman–Crippen LogP) is 2.47. The molecule has 0 aliphatic rings. The first kappa shape index (κ1) is 14.9. The molecular weight excluding hydrogens is 294 g/mol. The van der Waals surface area contributed by atoms with Gasteiger partial charge in [-0.3, -0.25) is 4.79 Å². The Bertz CT molecular complexity index is 635. The first-order valence-electron chi connectivity index (χ1n) is 5.97. The van der Waals surface area contributed by atoms with E-state index in [1.54, 1.807) is 42.8 Å². The number of hydrogen-bond acceptors (Lipinski definition) is 5. The van der Waals surface area contributed by atoms with Gasteiger partial charge >= 0.3 is 5.97 Å². The van der Waals surface area contributed by atoms with E-state index in [1.807, 2.05) is 0 Å². The summed E-state index contributed by atoms with van der Waals surface area (Å²) >= 11 is 1.29. The van der Waals surface area contributed by atoms with Crippen LogP contribution in [0.3, 0.4) is 0 Å². The van der Waals surface area contributed by atoms with Crippen molar-refractivity contribution in [3.05, 3.63) is 40.6 Å². The van der Waals surface area contributed by atoms with Gasteiger partial charge in [-0.15, -0.1) is 11.3 Å². The van der Waals surface area contributed by atoms with Crippen LogP contribution in [-0.4, -0.2) is 30.7 Å². The largest absolute Gasteiger partial charge is 0.496 e. The number of rotatable bonds is 6. The van der Waals surface area contributed by atoms with Crippen LogP contribution in [0, 0.1) is 0 Å². The molecule has 1 aromatic carbocycles. The predicted molar refractivity (Wildman–Crippen MR) is 78.4 cm³/mol. The van der Waals surface area contributed by atoms with Crippen LogP contribution in [0.25, 0.3) is 0 Å². The maximum absolute atomic E-state index is 12.0. The fourth-order valence-electron chi connectivity index (χ4n) is 1.52. The van der Waals surface area contributed by atoms with E-state index in [9.17, 15) is 9.59 Å². The molecule has 2 aromatic rings. The molecule has 1 aromatic heterocycles. The second kappa shape index (κ2) is 6.76. The molecule has 2 N–H and O–H groups in total. The van der Waals surface area contributed by atoms with Crippen molar-refractivity contribution in [2.75, 3.05) is 19.0 Å². The number of amides is 1. The topological polar surface area (TPSA) is 84.9 Å². The highest BCUT2D eigenvalue weighted by Gasteiger charge is 2.10. The van der Waals surface area contributed by atoms with Crippen LogP contribution in [0.15, 0.2) is 35.7 Å². The van der Waals surface area contributed by atoms with E-state index < -0.39 is 12.6 Å². The summed E-state index contributed by atoms with van der Waals surface area (Å²) in [6.07, 6.45) is 0. The number of aliphatic carboxylic acids is 1. The first-order chi connectivity index (χ1) is 10.1. The van der Waals surface area contributed by atoms with Gasteiger partial charge in [0.15, 0.2) is 6.61 Å². The summed E-state index contributed by atoms with van der Waals surface area (Å²) in [6, 6.07) is 8.12. The molecule has 0 fully saturated rings. The van der Waals surface area contributed by atoms with Gasteiger partial charge < -0.3 is 19.9 Å². The van der Waals surface area contributed by atoms with E-state index in [-0.39, 0.29) is 5.91 Å². The van der Waals surface area contributed by atoms with Crippen molar-refractivity contribution >= 4 is 28.9 Å². The molecule has 0 saturated heterocycles. The van der Waals surface area contributed by atoms with Gasteiger partial charge in [0, 0.05) is 17.1 Å². The number of hydrogen-bond donors (Lipinski definition) is 2. The fourth-order valence-corrected chi connectivity index (χ4v) is 2.27. The minimum absolute atomic E-state index is 0.234. The Kier molecular flexibility index (Phi) is 4.78. The third-order valence-electron chi connectivity index (χ3n) is 2.51. The molecule has 1 heterocycles. The quantitative estimate of drug-likeness (QED) is 0.856. The average molecular weight is 307 g/mol. The SMILES string of the molecule is COc1csc(C(=O)Nc2ccc(OCC(=O)O)cc2)c1. The third kappa shape index (κ3) is 4.22. The van der Waals surface area contributed by atoms with Crippen LogP contribution < -0.4 is 14.8 Å². The van der Waals surface area contributed by atoms with E-state index in [2.05, 4.69) is 5.32 Å².